The Hall–Kier alpha value is 0.270. The molecule has 1 N–H and O–H groups in total. The first kappa shape index (κ1) is 11.3. The highest BCUT2D eigenvalue weighted by atomic mass is 32.2. The maximum atomic E-state index is 3.46. The Morgan fingerprint density at radius 3 is 3.00 bits per heavy atom. The fraction of sp³-hybridized carbons (Fsp3) is 1.00. The lowest BCUT2D eigenvalue weighted by Gasteiger charge is -2.36. The van der Waals surface area contributed by atoms with Crippen LogP contribution in [0.3, 0.4) is 0 Å². The molecule has 0 saturated carbocycles. The van der Waals surface area contributed by atoms with Crippen molar-refractivity contribution in [3.8, 4) is 0 Å². The van der Waals surface area contributed by atoms with Gasteiger partial charge in [-0.05, 0) is 12.7 Å². The molecule has 0 radical (unpaired) electrons. The largest absolute Gasteiger partial charge is 0.314 e. The zero-order valence-electron chi connectivity index (χ0n) is 9.05. The van der Waals surface area contributed by atoms with E-state index in [9.17, 15) is 0 Å². The van der Waals surface area contributed by atoms with E-state index in [1.807, 2.05) is 11.8 Å². The van der Waals surface area contributed by atoms with Crippen molar-refractivity contribution >= 4 is 11.8 Å². The number of rotatable bonds is 4. The van der Waals surface area contributed by atoms with E-state index in [4.69, 9.17) is 0 Å². The first-order valence-electron chi connectivity index (χ1n) is 5.25. The first-order chi connectivity index (χ1) is 6.27. The molecule has 0 bridgehead atoms. The summed E-state index contributed by atoms with van der Waals surface area (Å²) in [5, 5.41) is 4.23. The molecule has 13 heavy (non-hydrogen) atoms. The average Bonchev–Trinajstić information content (AvgIpc) is 2.18. The van der Waals surface area contributed by atoms with Crippen molar-refractivity contribution < 1.29 is 0 Å². The minimum atomic E-state index is 0.767. The van der Waals surface area contributed by atoms with Crippen molar-refractivity contribution in [2.24, 2.45) is 0 Å². The SMILES string of the molecule is CCC1CNCCN1CC(C)SC. The summed E-state index contributed by atoms with van der Waals surface area (Å²) < 4.78 is 0. The van der Waals surface area contributed by atoms with Crippen LogP contribution in [0, 0.1) is 0 Å². The van der Waals surface area contributed by atoms with Gasteiger partial charge in [0.05, 0.1) is 0 Å². The Morgan fingerprint density at radius 1 is 1.62 bits per heavy atom. The third kappa shape index (κ3) is 3.49. The molecule has 0 aliphatic carbocycles. The van der Waals surface area contributed by atoms with Gasteiger partial charge in [0, 0.05) is 37.5 Å². The van der Waals surface area contributed by atoms with Crippen molar-refractivity contribution in [1.29, 1.82) is 0 Å². The molecule has 78 valence electrons. The molecule has 0 aromatic carbocycles. The molecular formula is C10H22N2S. The highest BCUT2D eigenvalue weighted by Gasteiger charge is 2.21. The molecule has 0 aromatic heterocycles. The summed E-state index contributed by atoms with van der Waals surface area (Å²) >= 11 is 1.97. The van der Waals surface area contributed by atoms with Gasteiger partial charge in [0.2, 0.25) is 0 Å². The summed E-state index contributed by atoms with van der Waals surface area (Å²) in [6.07, 6.45) is 3.47. The second kappa shape index (κ2) is 5.89. The van der Waals surface area contributed by atoms with E-state index >= 15 is 0 Å². The number of hydrogen-bond donors (Lipinski definition) is 1. The lowest BCUT2D eigenvalue weighted by atomic mass is 10.1. The van der Waals surface area contributed by atoms with Crippen LogP contribution in [-0.2, 0) is 0 Å². The summed E-state index contributed by atoms with van der Waals surface area (Å²) in [7, 11) is 0. The maximum Gasteiger partial charge on any atom is 0.0219 e. The lowest BCUT2D eigenvalue weighted by Crippen LogP contribution is -2.52. The Balaban J connectivity index is 2.35. The molecule has 2 unspecified atom stereocenters. The number of piperazine rings is 1. The second-order valence-electron chi connectivity index (χ2n) is 3.81. The Bertz CT molecular complexity index is 141. The lowest BCUT2D eigenvalue weighted by molar-refractivity contribution is 0.159. The molecule has 2 nitrogen and oxygen atoms in total. The van der Waals surface area contributed by atoms with E-state index in [0.29, 0.717) is 0 Å². The molecule has 1 heterocycles. The highest BCUT2D eigenvalue weighted by Crippen LogP contribution is 2.12. The molecule has 1 rings (SSSR count). The first-order valence-corrected chi connectivity index (χ1v) is 6.54. The number of nitrogens with one attached hydrogen (secondary N) is 1. The minimum Gasteiger partial charge on any atom is -0.314 e. The predicted octanol–water partition coefficient (Wildman–Crippen LogP) is 1.42. The number of thioether (sulfide) groups is 1. The van der Waals surface area contributed by atoms with Crippen LogP contribution >= 0.6 is 11.8 Å². The number of hydrogen-bond acceptors (Lipinski definition) is 3. The van der Waals surface area contributed by atoms with Crippen molar-refractivity contribution in [2.45, 2.75) is 31.6 Å². The zero-order chi connectivity index (χ0) is 9.68. The third-order valence-corrected chi connectivity index (χ3v) is 3.79. The second-order valence-corrected chi connectivity index (χ2v) is 5.08. The van der Waals surface area contributed by atoms with E-state index in [0.717, 1.165) is 17.8 Å². The van der Waals surface area contributed by atoms with Gasteiger partial charge in [-0.2, -0.15) is 11.8 Å². The fourth-order valence-electron chi connectivity index (χ4n) is 1.85. The van der Waals surface area contributed by atoms with Gasteiger partial charge in [0.15, 0.2) is 0 Å². The van der Waals surface area contributed by atoms with Gasteiger partial charge in [-0.1, -0.05) is 13.8 Å². The summed E-state index contributed by atoms with van der Waals surface area (Å²) in [5.41, 5.74) is 0. The van der Waals surface area contributed by atoms with Crippen molar-refractivity contribution in [3.05, 3.63) is 0 Å². The third-order valence-electron chi connectivity index (χ3n) is 2.84. The highest BCUT2D eigenvalue weighted by molar-refractivity contribution is 7.99. The van der Waals surface area contributed by atoms with Crippen LogP contribution in [0.2, 0.25) is 0 Å². The molecule has 1 fully saturated rings. The van der Waals surface area contributed by atoms with Crippen molar-refractivity contribution in [3.63, 3.8) is 0 Å². The van der Waals surface area contributed by atoms with Gasteiger partial charge in [-0.3, -0.25) is 4.90 Å². The van der Waals surface area contributed by atoms with Gasteiger partial charge in [-0.15, -0.1) is 0 Å². The average molecular weight is 202 g/mol. The van der Waals surface area contributed by atoms with Crippen LogP contribution in [0.5, 0.6) is 0 Å². The molecule has 1 saturated heterocycles. The number of nitrogens with zero attached hydrogens (tertiary/aromatic N) is 1. The Labute approximate surface area is 86.5 Å². The van der Waals surface area contributed by atoms with Gasteiger partial charge < -0.3 is 5.32 Å². The van der Waals surface area contributed by atoms with Crippen LogP contribution in [0.15, 0.2) is 0 Å². The summed E-state index contributed by atoms with van der Waals surface area (Å²) in [6, 6.07) is 0.767. The summed E-state index contributed by atoms with van der Waals surface area (Å²) in [4.78, 5) is 2.64. The van der Waals surface area contributed by atoms with E-state index in [1.54, 1.807) is 0 Å². The van der Waals surface area contributed by atoms with Gasteiger partial charge in [0.1, 0.15) is 0 Å². The molecule has 2 atom stereocenters. The topological polar surface area (TPSA) is 15.3 Å². The monoisotopic (exact) mass is 202 g/mol. The molecule has 3 heteroatoms. The molecule has 1 aliphatic heterocycles. The molecule has 1 aliphatic rings. The quantitative estimate of drug-likeness (QED) is 0.742. The smallest absolute Gasteiger partial charge is 0.0219 e. The van der Waals surface area contributed by atoms with Gasteiger partial charge >= 0.3 is 0 Å². The van der Waals surface area contributed by atoms with Crippen LogP contribution in [0.25, 0.3) is 0 Å². The Kier molecular flexibility index (Phi) is 5.14. The van der Waals surface area contributed by atoms with E-state index in [1.165, 1.54) is 26.1 Å². The van der Waals surface area contributed by atoms with Crippen molar-refractivity contribution in [2.75, 3.05) is 32.4 Å². The predicted molar refractivity (Wildman–Crippen MR) is 61.5 cm³/mol. The maximum absolute atomic E-state index is 3.46. The zero-order valence-corrected chi connectivity index (χ0v) is 9.86. The van der Waals surface area contributed by atoms with Crippen LogP contribution in [-0.4, -0.2) is 48.6 Å². The summed E-state index contributed by atoms with van der Waals surface area (Å²) in [6.45, 7) is 9.42. The van der Waals surface area contributed by atoms with Crippen LogP contribution in [0.4, 0.5) is 0 Å². The fourth-order valence-corrected chi connectivity index (χ4v) is 2.19. The standard InChI is InChI=1S/C10H22N2S/c1-4-10-7-11-5-6-12(10)8-9(2)13-3/h9-11H,4-8H2,1-3H3. The summed E-state index contributed by atoms with van der Waals surface area (Å²) in [5.74, 6) is 0. The van der Waals surface area contributed by atoms with E-state index in [2.05, 4.69) is 30.3 Å². The van der Waals surface area contributed by atoms with E-state index in [-0.39, 0.29) is 0 Å². The normalized spacial score (nSPS) is 27.5. The Morgan fingerprint density at radius 2 is 2.38 bits per heavy atom. The van der Waals surface area contributed by atoms with Crippen LogP contribution < -0.4 is 5.32 Å². The van der Waals surface area contributed by atoms with Crippen LogP contribution in [0.1, 0.15) is 20.3 Å². The van der Waals surface area contributed by atoms with E-state index < -0.39 is 0 Å². The molecular weight excluding hydrogens is 180 g/mol. The molecule has 0 aromatic rings. The van der Waals surface area contributed by atoms with Crippen molar-refractivity contribution in [1.82, 2.24) is 10.2 Å². The van der Waals surface area contributed by atoms with Gasteiger partial charge in [0.25, 0.3) is 0 Å². The minimum absolute atomic E-state index is 0.767. The van der Waals surface area contributed by atoms with Gasteiger partial charge in [-0.25, -0.2) is 0 Å². The molecule has 0 amide bonds. The molecule has 0 spiro atoms.